The molecule has 2 N–H and O–H groups in total. The third kappa shape index (κ3) is 13.4. The van der Waals surface area contributed by atoms with Gasteiger partial charge in [-0.2, -0.15) is 0 Å². The Labute approximate surface area is 128 Å². The summed E-state index contributed by atoms with van der Waals surface area (Å²) in [6.45, 7) is 4.17. The summed E-state index contributed by atoms with van der Waals surface area (Å²) in [6, 6.07) is 0. The van der Waals surface area contributed by atoms with Crippen molar-refractivity contribution in [2.24, 2.45) is 5.92 Å². The van der Waals surface area contributed by atoms with E-state index >= 15 is 0 Å². The first-order valence-electron chi connectivity index (χ1n) is 8.07. The van der Waals surface area contributed by atoms with E-state index in [0.717, 1.165) is 51.4 Å². The fourth-order valence-electron chi connectivity index (χ4n) is 2.15. The summed E-state index contributed by atoms with van der Waals surface area (Å²) in [5.41, 5.74) is 0.546. The minimum absolute atomic E-state index is 0.266. The molecule has 0 aliphatic carbocycles. The normalized spacial score (nSPS) is 11.9. The summed E-state index contributed by atoms with van der Waals surface area (Å²) < 4.78 is 0. The van der Waals surface area contributed by atoms with E-state index in [1.54, 1.807) is 0 Å². The second kappa shape index (κ2) is 12.4. The van der Waals surface area contributed by atoms with E-state index in [9.17, 15) is 9.59 Å². The highest BCUT2D eigenvalue weighted by molar-refractivity contribution is 5.86. The number of carboxylic acid groups (broad SMARTS) is 2. The Morgan fingerprint density at radius 3 is 1.76 bits per heavy atom. The van der Waals surface area contributed by atoms with Crippen molar-refractivity contribution in [3.63, 3.8) is 0 Å². The Morgan fingerprint density at radius 1 is 0.857 bits per heavy atom. The molecule has 0 aliphatic rings. The highest BCUT2D eigenvalue weighted by Crippen LogP contribution is 2.15. The lowest BCUT2D eigenvalue weighted by Crippen LogP contribution is -2.01. The van der Waals surface area contributed by atoms with Gasteiger partial charge in [-0.1, -0.05) is 52.0 Å². The summed E-state index contributed by atoms with van der Waals surface area (Å²) in [7, 11) is 0. The van der Waals surface area contributed by atoms with Crippen LogP contribution in [0.25, 0.3) is 0 Å². The maximum absolute atomic E-state index is 11.1. The quantitative estimate of drug-likeness (QED) is 0.384. The molecule has 0 aliphatic heterocycles. The summed E-state index contributed by atoms with van der Waals surface area (Å²) in [4.78, 5) is 21.4. The highest BCUT2D eigenvalue weighted by atomic mass is 16.4. The lowest BCUT2D eigenvalue weighted by Gasteiger charge is -2.05. The lowest BCUT2D eigenvalue weighted by molar-refractivity contribution is -0.137. The van der Waals surface area contributed by atoms with E-state index in [0.29, 0.717) is 17.9 Å². The van der Waals surface area contributed by atoms with Crippen molar-refractivity contribution in [2.75, 3.05) is 0 Å². The van der Waals surface area contributed by atoms with Gasteiger partial charge in [0.25, 0.3) is 0 Å². The SMILES string of the molecule is CC(C)CC=C(CCCCCCCCCC(=O)O)C(=O)O. The standard InChI is InChI=1S/C17H30O4/c1-14(2)12-13-15(17(20)21)10-8-6-4-3-5-7-9-11-16(18)19/h13-14H,3-12H2,1-2H3,(H,18,19)(H,20,21). The van der Waals surface area contributed by atoms with Crippen molar-refractivity contribution in [1.82, 2.24) is 0 Å². The average molecular weight is 298 g/mol. The van der Waals surface area contributed by atoms with Crippen molar-refractivity contribution in [2.45, 2.75) is 78.1 Å². The molecule has 0 aromatic carbocycles. The van der Waals surface area contributed by atoms with Crippen molar-refractivity contribution in [1.29, 1.82) is 0 Å². The van der Waals surface area contributed by atoms with Gasteiger partial charge in [-0.3, -0.25) is 4.79 Å². The summed E-state index contributed by atoms with van der Waals surface area (Å²) >= 11 is 0. The monoisotopic (exact) mass is 298 g/mol. The van der Waals surface area contributed by atoms with E-state index in [1.807, 2.05) is 6.08 Å². The van der Waals surface area contributed by atoms with Crippen molar-refractivity contribution < 1.29 is 19.8 Å². The molecule has 122 valence electrons. The van der Waals surface area contributed by atoms with Crippen molar-refractivity contribution >= 4 is 11.9 Å². The number of aliphatic carboxylic acids is 2. The average Bonchev–Trinajstić information content (AvgIpc) is 2.39. The third-order valence-corrected chi connectivity index (χ3v) is 3.45. The van der Waals surface area contributed by atoms with Crippen LogP contribution < -0.4 is 0 Å². The molecule has 0 heterocycles. The summed E-state index contributed by atoms with van der Waals surface area (Å²) in [6.07, 6.45) is 10.6. The molecular weight excluding hydrogens is 268 g/mol. The lowest BCUT2D eigenvalue weighted by atomic mass is 10.0. The zero-order valence-corrected chi connectivity index (χ0v) is 13.4. The predicted molar refractivity (Wildman–Crippen MR) is 84.4 cm³/mol. The second-order valence-electron chi connectivity index (χ2n) is 6.03. The largest absolute Gasteiger partial charge is 0.481 e. The molecule has 0 rings (SSSR count). The molecule has 0 saturated heterocycles. The number of carboxylic acids is 2. The van der Waals surface area contributed by atoms with Crippen LogP contribution in [0.15, 0.2) is 11.6 Å². The van der Waals surface area contributed by atoms with Crippen molar-refractivity contribution in [3.8, 4) is 0 Å². The molecule has 0 atom stereocenters. The first kappa shape index (κ1) is 19.7. The third-order valence-electron chi connectivity index (χ3n) is 3.45. The number of unbranched alkanes of at least 4 members (excludes halogenated alkanes) is 6. The molecule has 0 saturated carbocycles. The Morgan fingerprint density at radius 2 is 1.33 bits per heavy atom. The molecule has 21 heavy (non-hydrogen) atoms. The van der Waals surface area contributed by atoms with E-state index < -0.39 is 11.9 Å². The molecule has 4 nitrogen and oxygen atoms in total. The van der Waals surface area contributed by atoms with Gasteiger partial charge in [0.15, 0.2) is 0 Å². The predicted octanol–water partition coefficient (Wildman–Crippen LogP) is 4.64. The van der Waals surface area contributed by atoms with Gasteiger partial charge in [-0.05, 0) is 31.6 Å². The minimum Gasteiger partial charge on any atom is -0.481 e. The topological polar surface area (TPSA) is 74.6 Å². The molecule has 0 fully saturated rings. The molecule has 0 aromatic rings. The first-order chi connectivity index (χ1) is 9.93. The van der Waals surface area contributed by atoms with Crippen LogP contribution in [0.3, 0.4) is 0 Å². The van der Waals surface area contributed by atoms with E-state index in [2.05, 4.69) is 13.8 Å². The van der Waals surface area contributed by atoms with Gasteiger partial charge in [0.1, 0.15) is 0 Å². The summed E-state index contributed by atoms with van der Waals surface area (Å²) in [5, 5.41) is 17.6. The number of allylic oxidation sites excluding steroid dienone is 1. The van der Waals surface area contributed by atoms with E-state index in [-0.39, 0.29) is 6.42 Å². The van der Waals surface area contributed by atoms with Crippen LogP contribution in [0, 0.1) is 5.92 Å². The van der Waals surface area contributed by atoms with Crippen LogP contribution in [0.4, 0.5) is 0 Å². The molecule has 0 bridgehead atoms. The van der Waals surface area contributed by atoms with Gasteiger partial charge >= 0.3 is 11.9 Å². The molecular formula is C17H30O4. The molecule has 0 spiro atoms. The Balaban J connectivity index is 3.61. The van der Waals surface area contributed by atoms with Crippen LogP contribution in [-0.4, -0.2) is 22.2 Å². The maximum Gasteiger partial charge on any atom is 0.331 e. The highest BCUT2D eigenvalue weighted by Gasteiger charge is 2.06. The van der Waals surface area contributed by atoms with Crippen molar-refractivity contribution in [3.05, 3.63) is 11.6 Å². The molecule has 4 heteroatoms. The molecule has 0 amide bonds. The second-order valence-corrected chi connectivity index (χ2v) is 6.03. The molecule has 0 radical (unpaired) electrons. The number of hydrogen-bond donors (Lipinski definition) is 2. The Kier molecular flexibility index (Phi) is 11.6. The van der Waals surface area contributed by atoms with Crippen LogP contribution in [-0.2, 0) is 9.59 Å². The van der Waals surface area contributed by atoms with Crippen LogP contribution in [0.5, 0.6) is 0 Å². The fraction of sp³-hybridized carbons (Fsp3) is 0.765. The fourth-order valence-corrected chi connectivity index (χ4v) is 2.15. The Hall–Kier alpha value is -1.32. The van der Waals surface area contributed by atoms with Gasteiger partial charge < -0.3 is 10.2 Å². The van der Waals surface area contributed by atoms with Crippen LogP contribution in [0.2, 0.25) is 0 Å². The minimum atomic E-state index is -0.788. The van der Waals surface area contributed by atoms with Gasteiger partial charge in [0, 0.05) is 12.0 Å². The van der Waals surface area contributed by atoms with Crippen LogP contribution >= 0.6 is 0 Å². The van der Waals surface area contributed by atoms with E-state index in [4.69, 9.17) is 10.2 Å². The van der Waals surface area contributed by atoms with E-state index in [1.165, 1.54) is 0 Å². The van der Waals surface area contributed by atoms with Crippen LogP contribution in [0.1, 0.15) is 78.1 Å². The maximum atomic E-state index is 11.1. The number of hydrogen-bond acceptors (Lipinski definition) is 2. The zero-order chi connectivity index (χ0) is 16.1. The molecule has 0 unspecified atom stereocenters. The first-order valence-corrected chi connectivity index (χ1v) is 8.07. The molecule has 0 aromatic heterocycles. The smallest absolute Gasteiger partial charge is 0.331 e. The summed E-state index contributed by atoms with van der Waals surface area (Å²) in [5.74, 6) is -1.01. The van der Waals surface area contributed by atoms with Gasteiger partial charge in [0.05, 0.1) is 0 Å². The number of rotatable bonds is 13. The zero-order valence-electron chi connectivity index (χ0n) is 13.4. The Bertz CT molecular complexity index is 332. The van der Waals surface area contributed by atoms with Gasteiger partial charge in [-0.25, -0.2) is 4.79 Å². The number of carbonyl (C=O) groups is 2. The van der Waals surface area contributed by atoms with Gasteiger partial charge in [0.2, 0.25) is 0 Å². The van der Waals surface area contributed by atoms with Gasteiger partial charge in [-0.15, -0.1) is 0 Å².